The van der Waals surface area contributed by atoms with Crippen LogP contribution in [0.5, 0.6) is 5.75 Å². The Balaban J connectivity index is 2.04. The summed E-state index contributed by atoms with van der Waals surface area (Å²) in [6.07, 6.45) is 2.18. The number of amides is 1. The topological polar surface area (TPSA) is 83.2 Å². The van der Waals surface area contributed by atoms with Gasteiger partial charge in [0.25, 0.3) is 11.7 Å². The number of likely N-dealkylation sites (tertiary alicyclic amines) is 1. The summed E-state index contributed by atoms with van der Waals surface area (Å²) in [5, 5.41) is 10.9. The molecule has 0 unspecified atom stereocenters. The van der Waals surface area contributed by atoms with Crippen LogP contribution in [0.3, 0.4) is 0 Å². The van der Waals surface area contributed by atoms with Gasteiger partial charge in [-0.2, -0.15) is 0 Å². The lowest BCUT2D eigenvalue weighted by molar-refractivity contribution is -0.140. The van der Waals surface area contributed by atoms with Gasteiger partial charge in [0.1, 0.15) is 23.3 Å². The number of benzene rings is 1. The molecule has 148 valence electrons. The van der Waals surface area contributed by atoms with Gasteiger partial charge in [0, 0.05) is 12.1 Å². The first-order valence-electron chi connectivity index (χ1n) is 9.05. The maximum Gasteiger partial charge on any atom is 0.295 e. The Kier molecular flexibility index (Phi) is 5.84. The molecule has 1 fully saturated rings. The van der Waals surface area contributed by atoms with Crippen molar-refractivity contribution in [1.29, 1.82) is 0 Å². The van der Waals surface area contributed by atoms with E-state index < -0.39 is 17.7 Å². The molecule has 1 aromatic carbocycles. The number of ketones is 1. The fourth-order valence-electron chi connectivity index (χ4n) is 3.34. The van der Waals surface area contributed by atoms with E-state index >= 15 is 0 Å². The van der Waals surface area contributed by atoms with E-state index in [1.807, 2.05) is 19.0 Å². The third-order valence-electron chi connectivity index (χ3n) is 4.70. The van der Waals surface area contributed by atoms with Gasteiger partial charge in [-0.05, 0) is 51.3 Å². The Morgan fingerprint density at radius 3 is 2.68 bits per heavy atom. The second-order valence-corrected chi connectivity index (χ2v) is 6.90. The molecule has 3 rings (SSSR count). The van der Waals surface area contributed by atoms with Gasteiger partial charge in [-0.3, -0.25) is 9.59 Å². The Hall–Kier alpha value is -3.06. The number of aliphatic hydroxyl groups is 1. The predicted molar refractivity (Wildman–Crippen MR) is 104 cm³/mol. The normalized spacial score (nSPS) is 18.9. The van der Waals surface area contributed by atoms with Gasteiger partial charge in [-0.15, -0.1) is 0 Å². The Bertz CT molecular complexity index is 886. The number of ether oxygens (including phenoxy) is 1. The first kappa shape index (κ1) is 19.7. The van der Waals surface area contributed by atoms with Crippen LogP contribution in [-0.2, 0) is 9.59 Å². The van der Waals surface area contributed by atoms with Crippen LogP contribution in [0.1, 0.15) is 23.8 Å². The molecule has 1 atom stereocenters. The Morgan fingerprint density at radius 2 is 2.04 bits per heavy atom. The van der Waals surface area contributed by atoms with Crippen molar-refractivity contribution in [3.8, 4) is 5.75 Å². The molecular formula is C21H24N2O5. The lowest BCUT2D eigenvalue weighted by Crippen LogP contribution is -2.32. The number of carbonyl (C=O) groups is 2. The Labute approximate surface area is 163 Å². The van der Waals surface area contributed by atoms with Crippen molar-refractivity contribution in [2.24, 2.45) is 0 Å². The van der Waals surface area contributed by atoms with E-state index in [1.165, 1.54) is 18.3 Å². The van der Waals surface area contributed by atoms with Crippen molar-refractivity contribution in [2.45, 2.75) is 12.5 Å². The van der Waals surface area contributed by atoms with Gasteiger partial charge in [-0.1, -0.05) is 12.1 Å². The number of methoxy groups -OCH3 is 1. The predicted octanol–water partition coefficient (Wildman–Crippen LogP) is 2.66. The average molecular weight is 384 g/mol. The standard InChI is InChI=1S/C21H24N2O5/c1-22(2)10-6-11-23-18(16-9-5-12-28-16)17(20(25)21(23)26)19(24)14-7-4-8-15(13-14)27-3/h4-5,7-9,12-13,18,24H,6,10-11H2,1-3H3/t18-/m0/s1. The third-order valence-corrected chi connectivity index (χ3v) is 4.70. The van der Waals surface area contributed by atoms with Gasteiger partial charge in [-0.25, -0.2) is 0 Å². The number of Topliss-reactive ketones (excluding diaryl/α,β-unsaturated/α-hetero) is 1. The van der Waals surface area contributed by atoms with Crippen molar-refractivity contribution in [3.63, 3.8) is 0 Å². The highest BCUT2D eigenvalue weighted by molar-refractivity contribution is 6.46. The number of furan rings is 1. The van der Waals surface area contributed by atoms with Crippen LogP contribution in [0.25, 0.3) is 5.76 Å². The monoisotopic (exact) mass is 384 g/mol. The fourth-order valence-corrected chi connectivity index (χ4v) is 3.34. The van der Waals surface area contributed by atoms with Gasteiger partial charge in [0.05, 0.1) is 18.9 Å². The summed E-state index contributed by atoms with van der Waals surface area (Å²) in [6, 6.07) is 9.37. The van der Waals surface area contributed by atoms with E-state index in [1.54, 1.807) is 36.4 Å². The number of hydrogen-bond acceptors (Lipinski definition) is 6. The highest BCUT2D eigenvalue weighted by Gasteiger charge is 2.47. The molecule has 2 heterocycles. The fraction of sp³-hybridized carbons (Fsp3) is 0.333. The number of nitrogens with zero attached hydrogens (tertiary/aromatic N) is 2. The van der Waals surface area contributed by atoms with Crippen molar-refractivity contribution in [2.75, 3.05) is 34.3 Å². The molecule has 0 aliphatic carbocycles. The zero-order valence-corrected chi connectivity index (χ0v) is 16.2. The molecule has 0 bridgehead atoms. The molecule has 1 aliphatic heterocycles. The molecule has 1 aliphatic rings. The summed E-state index contributed by atoms with van der Waals surface area (Å²) < 4.78 is 10.7. The maximum absolute atomic E-state index is 12.8. The molecule has 28 heavy (non-hydrogen) atoms. The summed E-state index contributed by atoms with van der Waals surface area (Å²) in [6.45, 7) is 1.15. The summed E-state index contributed by atoms with van der Waals surface area (Å²) >= 11 is 0. The average Bonchev–Trinajstić information content (AvgIpc) is 3.29. The van der Waals surface area contributed by atoms with Crippen LogP contribution in [0.15, 0.2) is 52.7 Å². The highest BCUT2D eigenvalue weighted by atomic mass is 16.5. The van der Waals surface area contributed by atoms with E-state index in [0.29, 0.717) is 30.0 Å². The van der Waals surface area contributed by atoms with Crippen LogP contribution in [-0.4, -0.2) is 60.9 Å². The van der Waals surface area contributed by atoms with E-state index in [9.17, 15) is 14.7 Å². The second kappa shape index (κ2) is 8.31. The van der Waals surface area contributed by atoms with Gasteiger partial charge >= 0.3 is 0 Å². The SMILES string of the molecule is COc1cccc(C(O)=C2C(=O)C(=O)N(CCCN(C)C)[C@H]2c2ccco2)c1. The maximum atomic E-state index is 12.8. The third kappa shape index (κ3) is 3.80. The van der Waals surface area contributed by atoms with E-state index in [-0.39, 0.29) is 11.3 Å². The molecule has 0 saturated carbocycles. The first-order chi connectivity index (χ1) is 13.4. The molecule has 2 aromatic rings. The number of rotatable bonds is 7. The van der Waals surface area contributed by atoms with E-state index in [0.717, 1.165) is 6.54 Å². The lowest BCUT2D eigenvalue weighted by Gasteiger charge is -2.24. The summed E-state index contributed by atoms with van der Waals surface area (Å²) in [7, 11) is 5.41. The Morgan fingerprint density at radius 1 is 1.25 bits per heavy atom. The quantitative estimate of drug-likeness (QED) is 0.449. The second-order valence-electron chi connectivity index (χ2n) is 6.90. The van der Waals surface area contributed by atoms with Crippen LogP contribution in [0, 0.1) is 0 Å². The minimum absolute atomic E-state index is 0.0260. The lowest BCUT2D eigenvalue weighted by atomic mass is 9.99. The molecule has 1 amide bonds. The zero-order chi connectivity index (χ0) is 20.3. The summed E-state index contributed by atoms with van der Waals surface area (Å²) in [5.74, 6) is -0.614. The molecule has 0 radical (unpaired) electrons. The number of hydrogen-bond donors (Lipinski definition) is 1. The van der Waals surface area contributed by atoms with E-state index in [2.05, 4.69) is 0 Å². The minimum Gasteiger partial charge on any atom is -0.507 e. The van der Waals surface area contributed by atoms with Crippen LogP contribution >= 0.6 is 0 Å². The molecule has 1 saturated heterocycles. The minimum atomic E-state index is -0.761. The number of carbonyl (C=O) groups excluding carboxylic acids is 2. The number of aliphatic hydroxyl groups excluding tert-OH is 1. The van der Waals surface area contributed by atoms with Crippen LogP contribution in [0.4, 0.5) is 0 Å². The van der Waals surface area contributed by atoms with Crippen molar-refractivity contribution in [1.82, 2.24) is 9.80 Å². The molecular weight excluding hydrogens is 360 g/mol. The van der Waals surface area contributed by atoms with Crippen molar-refractivity contribution in [3.05, 3.63) is 59.6 Å². The molecule has 1 N–H and O–H groups in total. The first-order valence-corrected chi connectivity index (χ1v) is 9.05. The van der Waals surface area contributed by atoms with Gasteiger partial charge in [0.15, 0.2) is 0 Å². The van der Waals surface area contributed by atoms with Gasteiger partial charge in [0.2, 0.25) is 0 Å². The molecule has 1 aromatic heterocycles. The molecule has 7 nitrogen and oxygen atoms in total. The highest BCUT2D eigenvalue weighted by Crippen LogP contribution is 2.39. The van der Waals surface area contributed by atoms with Crippen LogP contribution < -0.4 is 4.74 Å². The summed E-state index contributed by atoms with van der Waals surface area (Å²) in [4.78, 5) is 29.0. The smallest absolute Gasteiger partial charge is 0.295 e. The molecule has 0 spiro atoms. The van der Waals surface area contributed by atoms with Gasteiger partial charge < -0.3 is 24.1 Å². The van der Waals surface area contributed by atoms with Crippen molar-refractivity contribution < 1.29 is 23.8 Å². The van der Waals surface area contributed by atoms with Crippen molar-refractivity contribution >= 4 is 17.4 Å². The molecule has 7 heteroatoms. The summed E-state index contributed by atoms with van der Waals surface area (Å²) in [5.41, 5.74) is 0.431. The van der Waals surface area contributed by atoms with E-state index in [4.69, 9.17) is 9.15 Å². The largest absolute Gasteiger partial charge is 0.507 e. The van der Waals surface area contributed by atoms with Crippen LogP contribution in [0.2, 0.25) is 0 Å². The zero-order valence-electron chi connectivity index (χ0n) is 16.2.